The average Bonchev–Trinajstić information content (AvgIpc) is 3.20. The second-order valence-corrected chi connectivity index (χ2v) is 10.5. The lowest BCUT2D eigenvalue weighted by Gasteiger charge is -2.37. The zero-order chi connectivity index (χ0) is 23.3. The van der Waals surface area contributed by atoms with Gasteiger partial charge < -0.3 is 14.5 Å². The van der Waals surface area contributed by atoms with Crippen LogP contribution in [0.1, 0.15) is 56.2 Å². The molecule has 0 aliphatic carbocycles. The molecule has 0 unspecified atom stereocenters. The molecule has 0 saturated carbocycles. The van der Waals surface area contributed by atoms with Crippen LogP contribution in [0.25, 0.3) is 0 Å². The monoisotopic (exact) mass is 456 g/mol. The largest absolute Gasteiger partial charge is 0.491 e. The van der Waals surface area contributed by atoms with Crippen molar-refractivity contribution in [2.45, 2.75) is 53.5 Å². The predicted octanol–water partition coefficient (Wildman–Crippen LogP) is 5.09. The summed E-state index contributed by atoms with van der Waals surface area (Å²) in [6.07, 6.45) is 1.32. The van der Waals surface area contributed by atoms with E-state index in [0.29, 0.717) is 32.0 Å². The molecule has 6 heteroatoms. The van der Waals surface area contributed by atoms with Gasteiger partial charge >= 0.3 is 0 Å². The predicted molar refractivity (Wildman–Crippen MR) is 130 cm³/mol. The maximum Gasteiger partial charge on any atom is 0.242 e. The van der Waals surface area contributed by atoms with Gasteiger partial charge in [0.2, 0.25) is 11.8 Å². The number of aryl methyl sites for hydroxylation is 1. The Labute approximate surface area is 196 Å². The zero-order valence-corrected chi connectivity index (χ0v) is 20.8. The molecule has 3 rings (SSSR count). The molecule has 5 nitrogen and oxygen atoms in total. The van der Waals surface area contributed by atoms with Gasteiger partial charge in [-0.15, -0.1) is 11.3 Å². The highest BCUT2D eigenvalue weighted by molar-refractivity contribution is 7.10. The molecular weight excluding hydrogens is 420 g/mol. The number of rotatable bonds is 9. The number of carbonyl (C=O) groups is 2. The van der Waals surface area contributed by atoms with Crippen LogP contribution in [0.4, 0.5) is 0 Å². The molecule has 0 N–H and O–H groups in total. The smallest absolute Gasteiger partial charge is 0.242 e. The van der Waals surface area contributed by atoms with Crippen LogP contribution in [0.5, 0.6) is 5.75 Å². The third-order valence-electron chi connectivity index (χ3n) is 5.69. The van der Waals surface area contributed by atoms with Crippen molar-refractivity contribution >= 4 is 23.2 Å². The minimum atomic E-state index is -0.139. The minimum absolute atomic E-state index is 0.00267. The quantitative estimate of drug-likeness (QED) is 0.528. The molecule has 0 saturated heterocycles. The van der Waals surface area contributed by atoms with E-state index in [0.717, 1.165) is 12.2 Å². The number of hydrogen-bond acceptors (Lipinski definition) is 4. The van der Waals surface area contributed by atoms with Crippen molar-refractivity contribution < 1.29 is 14.3 Å². The first-order valence-electron chi connectivity index (χ1n) is 11.6. The lowest BCUT2D eigenvalue weighted by atomic mass is 10.00. The molecule has 0 fully saturated rings. The summed E-state index contributed by atoms with van der Waals surface area (Å²) in [5.74, 6) is 1.44. The van der Waals surface area contributed by atoms with E-state index < -0.39 is 0 Å². The third-order valence-corrected chi connectivity index (χ3v) is 6.69. The normalized spacial score (nSPS) is 15.7. The van der Waals surface area contributed by atoms with Gasteiger partial charge in [-0.3, -0.25) is 9.59 Å². The van der Waals surface area contributed by atoms with Gasteiger partial charge in [0.15, 0.2) is 0 Å². The van der Waals surface area contributed by atoms with E-state index in [1.165, 1.54) is 16.0 Å². The summed E-state index contributed by atoms with van der Waals surface area (Å²) in [7, 11) is 0. The highest BCUT2D eigenvalue weighted by Crippen LogP contribution is 2.34. The summed E-state index contributed by atoms with van der Waals surface area (Å²) >= 11 is 1.74. The highest BCUT2D eigenvalue weighted by atomic mass is 32.1. The van der Waals surface area contributed by atoms with Crippen LogP contribution in [0.2, 0.25) is 0 Å². The number of thiophene rings is 1. The number of fused-ring (bicyclic) bond motifs is 1. The van der Waals surface area contributed by atoms with E-state index in [9.17, 15) is 9.59 Å². The fraction of sp³-hybridized carbons (Fsp3) is 0.538. The summed E-state index contributed by atoms with van der Waals surface area (Å²) in [5, 5.41) is 2.09. The second-order valence-electron chi connectivity index (χ2n) is 9.54. The fourth-order valence-corrected chi connectivity index (χ4v) is 5.04. The fourth-order valence-electron chi connectivity index (χ4n) is 4.11. The molecule has 1 atom stereocenters. The molecule has 1 aliphatic rings. The van der Waals surface area contributed by atoms with Crippen molar-refractivity contribution in [2.75, 3.05) is 26.2 Å². The van der Waals surface area contributed by atoms with E-state index in [1.807, 2.05) is 49.9 Å². The molecule has 0 bridgehead atoms. The molecule has 0 spiro atoms. The summed E-state index contributed by atoms with van der Waals surface area (Å²) in [6, 6.07) is 9.96. The topological polar surface area (TPSA) is 49.9 Å². The first-order chi connectivity index (χ1) is 15.2. The molecule has 1 aromatic heterocycles. The molecule has 174 valence electrons. The van der Waals surface area contributed by atoms with Gasteiger partial charge in [-0.25, -0.2) is 0 Å². The molecule has 2 heterocycles. The van der Waals surface area contributed by atoms with E-state index in [2.05, 4.69) is 25.3 Å². The lowest BCUT2D eigenvalue weighted by molar-refractivity contribution is -0.143. The lowest BCUT2D eigenvalue weighted by Crippen LogP contribution is -2.48. The molecule has 0 radical (unpaired) electrons. The van der Waals surface area contributed by atoms with Gasteiger partial charge in [-0.2, -0.15) is 0 Å². The average molecular weight is 457 g/mol. The SMILES string of the molecule is Cc1ccc(OC[C@H]2c3ccsc3CCN2C(=O)CN(CC(C)C)C(=O)CC(C)C)cc1. The molecular formula is C26H36N2O3S. The Morgan fingerprint density at radius 1 is 1.12 bits per heavy atom. The Kier molecular flexibility index (Phi) is 8.35. The minimum Gasteiger partial charge on any atom is -0.491 e. The number of amides is 2. The van der Waals surface area contributed by atoms with Crippen LogP contribution in [0.3, 0.4) is 0 Å². The number of benzene rings is 1. The van der Waals surface area contributed by atoms with E-state index >= 15 is 0 Å². The molecule has 32 heavy (non-hydrogen) atoms. The highest BCUT2D eigenvalue weighted by Gasteiger charge is 2.33. The van der Waals surface area contributed by atoms with Crippen molar-refractivity contribution in [1.29, 1.82) is 0 Å². The van der Waals surface area contributed by atoms with E-state index in [-0.39, 0.29) is 30.3 Å². The van der Waals surface area contributed by atoms with Crippen LogP contribution in [-0.2, 0) is 16.0 Å². The van der Waals surface area contributed by atoms with Crippen LogP contribution in [0, 0.1) is 18.8 Å². The first-order valence-corrected chi connectivity index (χ1v) is 12.5. The Morgan fingerprint density at radius 2 is 1.84 bits per heavy atom. The van der Waals surface area contributed by atoms with Gasteiger partial charge in [0, 0.05) is 24.4 Å². The van der Waals surface area contributed by atoms with E-state index in [1.54, 1.807) is 16.2 Å². The maximum atomic E-state index is 13.5. The van der Waals surface area contributed by atoms with Crippen molar-refractivity contribution in [3.8, 4) is 5.75 Å². The van der Waals surface area contributed by atoms with Crippen molar-refractivity contribution in [3.05, 3.63) is 51.7 Å². The van der Waals surface area contributed by atoms with Gasteiger partial charge in [0.05, 0.1) is 12.6 Å². The number of carbonyl (C=O) groups excluding carboxylic acids is 2. The van der Waals surface area contributed by atoms with Crippen molar-refractivity contribution in [2.24, 2.45) is 11.8 Å². The summed E-state index contributed by atoms with van der Waals surface area (Å²) in [4.78, 5) is 31.3. The van der Waals surface area contributed by atoms with Crippen molar-refractivity contribution in [1.82, 2.24) is 9.80 Å². The molecule has 1 aliphatic heterocycles. The second kappa shape index (κ2) is 11.0. The van der Waals surface area contributed by atoms with Crippen molar-refractivity contribution in [3.63, 3.8) is 0 Å². The van der Waals surface area contributed by atoms with Gasteiger partial charge in [-0.1, -0.05) is 45.4 Å². The van der Waals surface area contributed by atoms with Gasteiger partial charge in [0.25, 0.3) is 0 Å². The first kappa shape index (κ1) is 24.3. The Morgan fingerprint density at radius 3 is 2.50 bits per heavy atom. The Balaban J connectivity index is 1.75. The summed E-state index contributed by atoms with van der Waals surface area (Å²) < 4.78 is 6.11. The third kappa shape index (κ3) is 6.35. The number of hydrogen-bond donors (Lipinski definition) is 0. The van der Waals surface area contributed by atoms with Gasteiger partial charge in [0.1, 0.15) is 12.4 Å². The van der Waals surface area contributed by atoms with Crippen LogP contribution in [0.15, 0.2) is 35.7 Å². The molecule has 2 aromatic rings. The zero-order valence-electron chi connectivity index (χ0n) is 20.0. The van der Waals surface area contributed by atoms with Gasteiger partial charge in [-0.05, 0) is 54.3 Å². The molecule has 2 amide bonds. The van der Waals surface area contributed by atoms with E-state index in [4.69, 9.17) is 4.74 Å². The molecule has 1 aromatic carbocycles. The summed E-state index contributed by atoms with van der Waals surface area (Å²) in [6.45, 7) is 12.1. The maximum absolute atomic E-state index is 13.5. The standard InChI is InChI=1S/C26H36N2O3S/c1-18(2)14-25(29)27(15-19(3)4)16-26(30)28-12-10-24-22(11-13-32-24)23(28)17-31-21-8-6-20(5)7-9-21/h6-9,11,13,18-19,23H,10,12,14-17H2,1-5H3/t23-/m0/s1. The number of nitrogens with zero attached hydrogens (tertiary/aromatic N) is 2. The summed E-state index contributed by atoms with van der Waals surface area (Å²) in [5.41, 5.74) is 2.36. The van der Waals surface area contributed by atoms with Crippen LogP contribution in [-0.4, -0.2) is 47.9 Å². The number of ether oxygens (including phenoxy) is 1. The Bertz CT molecular complexity index is 904. The van der Waals surface area contributed by atoms with Crippen LogP contribution >= 0.6 is 11.3 Å². The Hall–Kier alpha value is -2.34. The van der Waals surface area contributed by atoms with Crippen LogP contribution < -0.4 is 4.74 Å².